The number of unbranched alkanes of at least 4 members (excludes halogenated alkanes) is 1. The van der Waals surface area contributed by atoms with Crippen molar-refractivity contribution >= 4 is 23.5 Å². The fourth-order valence-electron chi connectivity index (χ4n) is 3.26. The molecule has 1 saturated heterocycles. The maximum atomic E-state index is 12.7. The summed E-state index contributed by atoms with van der Waals surface area (Å²) in [5.41, 5.74) is 2.00. The molecule has 1 N–H and O–H groups in total. The van der Waals surface area contributed by atoms with Gasteiger partial charge in [-0.15, -0.1) is 0 Å². The fourth-order valence-corrected chi connectivity index (χ4v) is 3.26. The number of morpholine rings is 1. The second kappa shape index (κ2) is 11.3. The zero-order valence-corrected chi connectivity index (χ0v) is 17.7. The third-order valence-electron chi connectivity index (χ3n) is 4.99. The van der Waals surface area contributed by atoms with Crippen molar-refractivity contribution in [3.05, 3.63) is 65.7 Å². The Kier molecular flexibility index (Phi) is 8.18. The van der Waals surface area contributed by atoms with Gasteiger partial charge in [-0.05, 0) is 36.2 Å². The van der Waals surface area contributed by atoms with Gasteiger partial charge in [0.2, 0.25) is 5.91 Å². The van der Waals surface area contributed by atoms with Crippen molar-refractivity contribution in [1.29, 1.82) is 0 Å². The zero-order chi connectivity index (χ0) is 22.1. The molecule has 1 heterocycles. The van der Waals surface area contributed by atoms with Crippen molar-refractivity contribution in [3.8, 4) is 0 Å². The maximum absolute atomic E-state index is 12.7. The van der Waals surface area contributed by atoms with E-state index in [1.54, 1.807) is 29.2 Å². The summed E-state index contributed by atoms with van der Waals surface area (Å²) in [7, 11) is 0. The lowest BCUT2D eigenvalue weighted by Gasteiger charge is -2.32. The molecule has 31 heavy (non-hydrogen) atoms. The lowest BCUT2D eigenvalue weighted by molar-refractivity contribution is -0.155. The smallest absolute Gasteiger partial charge is 0.338 e. The molecule has 164 valence electrons. The van der Waals surface area contributed by atoms with Crippen molar-refractivity contribution in [2.75, 3.05) is 25.1 Å². The van der Waals surface area contributed by atoms with Gasteiger partial charge in [0.25, 0.3) is 5.91 Å². The van der Waals surface area contributed by atoms with E-state index in [-0.39, 0.29) is 24.2 Å². The van der Waals surface area contributed by atoms with Crippen LogP contribution in [0.5, 0.6) is 0 Å². The van der Waals surface area contributed by atoms with Crippen molar-refractivity contribution in [2.45, 2.75) is 38.8 Å². The second-order valence-electron chi connectivity index (χ2n) is 7.42. The third-order valence-corrected chi connectivity index (χ3v) is 4.99. The van der Waals surface area contributed by atoms with E-state index < -0.39 is 6.10 Å². The number of carbonyl (C=O) groups excluding carboxylic acids is 3. The summed E-state index contributed by atoms with van der Waals surface area (Å²) >= 11 is 0. The molecule has 1 fully saturated rings. The van der Waals surface area contributed by atoms with Gasteiger partial charge in [0.1, 0.15) is 6.10 Å². The fraction of sp³-hybridized carbons (Fsp3) is 0.375. The Bertz CT molecular complexity index is 883. The van der Waals surface area contributed by atoms with Crippen LogP contribution in [0.4, 0.5) is 5.69 Å². The highest BCUT2D eigenvalue weighted by atomic mass is 16.5. The molecule has 0 aromatic heterocycles. The molecule has 0 radical (unpaired) electrons. The van der Waals surface area contributed by atoms with Crippen LogP contribution < -0.4 is 5.32 Å². The highest BCUT2D eigenvalue weighted by molar-refractivity contribution is 5.96. The van der Waals surface area contributed by atoms with Crippen LogP contribution in [0.1, 0.15) is 42.1 Å². The maximum Gasteiger partial charge on any atom is 0.338 e. The molecule has 0 bridgehead atoms. The molecule has 2 amide bonds. The number of esters is 1. The number of hydrogen-bond acceptors (Lipinski definition) is 5. The molecular formula is C24H28N2O5. The van der Waals surface area contributed by atoms with Gasteiger partial charge in [0.05, 0.1) is 25.2 Å². The minimum atomic E-state index is -0.801. The van der Waals surface area contributed by atoms with Crippen LogP contribution in [0.2, 0.25) is 0 Å². The molecule has 1 aliphatic heterocycles. The second-order valence-corrected chi connectivity index (χ2v) is 7.42. The van der Waals surface area contributed by atoms with Crippen molar-refractivity contribution < 1.29 is 23.9 Å². The summed E-state index contributed by atoms with van der Waals surface area (Å²) in [5.74, 6) is -0.889. The van der Waals surface area contributed by atoms with Gasteiger partial charge in [0, 0.05) is 18.8 Å². The van der Waals surface area contributed by atoms with E-state index >= 15 is 0 Å². The minimum absolute atomic E-state index is 0.0645. The Hall–Kier alpha value is -3.19. The molecule has 3 rings (SSSR count). The van der Waals surface area contributed by atoms with Crippen LogP contribution in [-0.4, -0.2) is 48.5 Å². The lowest BCUT2D eigenvalue weighted by atomic mass is 10.1. The first kappa shape index (κ1) is 22.5. The predicted octanol–water partition coefficient (Wildman–Crippen LogP) is 3.40. The molecule has 1 aliphatic rings. The van der Waals surface area contributed by atoms with Crippen LogP contribution in [0.15, 0.2) is 54.6 Å². The van der Waals surface area contributed by atoms with E-state index in [9.17, 15) is 14.4 Å². The summed E-state index contributed by atoms with van der Waals surface area (Å²) in [6, 6.07) is 16.2. The van der Waals surface area contributed by atoms with Crippen LogP contribution >= 0.6 is 0 Å². The normalized spacial score (nSPS) is 16.1. The largest absolute Gasteiger partial charge is 0.462 e. The highest BCUT2D eigenvalue weighted by Gasteiger charge is 2.31. The predicted molar refractivity (Wildman–Crippen MR) is 116 cm³/mol. The molecule has 0 saturated carbocycles. The number of hydrogen-bond donors (Lipinski definition) is 1. The van der Waals surface area contributed by atoms with E-state index in [2.05, 4.69) is 5.32 Å². The zero-order valence-electron chi connectivity index (χ0n) is 17.7. The number of nitrogens with one attached hydrogen (secondary N) is 1. The Morgan fingerprint density at radius 1 is 1.13 bits per heavy atom. The number of rotatable bonds is 9. The minimum Gasteiger partial charge on any atom is -0.462 e. The molecule has 7 heteroatoms. The van der Waals surface area contributed by atoms with E-state index in [1.165, 1.54) is 0 Å². The summed E-state index contributed by atoms with van der Waals surface area (Å²) < 4.78 is 10.7. The summed E-state index contributed by atoms with van der Waals surface area (Å²) in [5, 5.41) is 2.75. The van der Waals surface area contributed by atoms with Gasteiger partial charge in [-0.3, -0.25) is 9.59 Å². The average Bonchev–Trinajstić information content (AvgIpc) is 2.78. The molecular weight excluding hydrogens is 396 g/mol. The number of nitrogens with zero attached hydrogens (tertiary/aromatic N) is 1. The molecule has 2 aromatic rings. The van der Waals surface area contributed by atoms with E-state index in [4.69, 9.17) is 9.47 Å². The van der Waals surface area contributed by atoms with E-state index in [1.807, 2.05) is 37.3 Å². The SMILES string of the molecule is CCCCOC(=O)c1ccc(NC(=O)C[C@H]2OCCN(Cc3ccccc3)C2=O)cc1. The van der Waals surface area contributed by atoms with E-state index in [0.29, 0.717) is 37.6 Å². The summed E-state index contributed by atoms with van der Waals surface area (Å²) in [4.78, 5) is 38.8. The van der Waals surface area contributed by atoms with Gasteiger partial charge in [-0.2, -0.15) is 0 Å². The lowest BCUT2D eigenvalue weighted by Crippen LogP contribution is -2.48. The topological polar surface area (TPSA) is 84.9 Å². The first-order valence-corrected chi connectivity index (χ1v) is 10.6. The number of carbonyl (C=O) groups is 3. The Balaban J connectivity index is 1.50. The third kappa shape index (κ3) is 6.65. The van der Waals surface area contributed by atoms with Gasteiger partial charge in [-0.1, -0.05) is 43.7 Å². The number of ether oxygens (including phenoxy) is 2. The first-order valence-electron chi connectivity index (χ1n) is 10.6. The molecule has 7 nitrogen and oxygen atoms in total. The van der Waals surface area contributed by atoms with Gasteiger partial charge >= 0.3 is 5.97 Å². The Labute approximate surface area is 182 Å². The van der Waals surface area contributed by atoms with Gasteiger partial charge in [0.15, 0.2) is 0 Å². The van der Waals surface area contributed by atoms with E-state index in [0.717, 1.165) is 18.4 Å². The first-order chi connectivity index (χ1) is 15.1. The van der Waals surface area contributed by atoms with Crippen molar-refractivity contribution in [2.24, 2.45) is 0 Å². The summed E-state index contributed by atoms with van der Waals surface area (Å²) in [6.45, 7) is 3.81. The number of anilines is 1. The van der Waals surface area contributed by atoms with Crippen molar-refractivity contribution in [3.63, 3.8) is 0 Å². The molecule has 2 aromatic carbocycles. The average molecular weight is 424 g/mol. The molecule has 0 unspecified atom stereocenters. The number of amides is 2. The highest BCUT2D eigenvalue weighted by Crippen LogP contribution is 2.16. The van der Waals surface area contributed by atoms with Crippen LogP contribution in [-0.2, 0) is 25.6 Å². The van der Waals surface area contributed by atoms with Gasteiger partial charge < -0.3 is 19.7 Å². The molecule has 0 aliphatic carbocycles. The number of benzene rings is 2. The standard InChI is InChI=1S/C24H28N2O5/c1-2-3-14-31-24(29)19-9-11-20(12-10-19)25-22(27)16-21-23(28)26(13-15-30-21)17-18-7-5-4-6-8-18/h4-12,21H,2-3,13-17H2,1H3,(H,25,27)/t21-/m1/s1. The summed E-state index contributed by atoms with van der Waals surface area (Å²) in [6.07, 6.45) is 0.913. The van der Waals surface area contributed by atoms with Crippen LogP contribution in [0, 0.1) is 0 Å². The Morgan fingerprint density at radius 3 is 2.58 bits per heavy atom. The monoisotopic (exact) mass is 424 g/mol. The molecule has 0 spiro atoms. The Morgan fingerprint density at radius 2 is 1.87 bits per heavy atom. The molecule has 1 atom stereocenters. The van der Waals surface area contributed by atoms with Crippen LogP contribution in [0.25, 0.3) is 0 Å². The van der Waals surface area contributed by atoms with Gasteiger partial charge in [-0.25, -0.2) is 4.79 Å². The quantitative estimate of drug-likeness (QED) is 0.493. The van der Waals surface area contributed by atoms with Crippen LogP contribution in [0.3, 0.4) is 0 Å². The van der Waals surface area contributed by atoms with Crippen molar-refractivity contribution in [1.82, 2.24) is 4.90 Å².